The minimum absolute atomic E-state index is 0.0910. The van der Waals surface area contributed by atoms with Crippen LogP contribution in [0.2, 0.25) is 0 Å². The fourth-order valence-corrected chi connectivity index (χ4v) is 0.862. The lowest BCUT2D eigenvalue weighted by Gasteiger charge is -2.15. The molecule has 0 aromatic rings. The van der Waals surface area contributed by atoms with E-state index < -0.39 is 0 Å². The summed E-state index contributed by atoms with van der Waals surface area (Å²) in [4.78, 5) is 12.8. The van der Waals surface area contributed by atoms with Gasteiger partial charge in [-0.05, 0) is 6.42 Å². The van der Waals surface area contributed by atoms with Crippen molar-refractivity contribution in [2.24, 2.45) is 10.9 Å². The number of carbonyl (C=O) groups is 1. The van der Waals surface area contributed by atoms with E-state index in [-0.39, 0.29) is 11.7 Å². The Kier molecular flexibility index (Phi) is 5.67. The van der Waals surface area contributed by atoms with Crippen LogP contribution in [0, 0.1) is 0 Å². The normalized spacial score (nSPS) is 11.4. The Morgan fingerprint density at radius 3 is 2.62 bits per heavy atom. The van der Waals surface area contributed by atoms with Crippen LogP contribution in [-0.4, -0.2) is 35.4 Å². The first kappa shape index (κ1) is 11.7. The second-order valence-corrected chi connectivity index (χ2v) is 2.91. The van der Waals surface area contributed by atoms with Gasteiger partial charge in [0.25, 0.3) is 0 Å². The molecule has 0 rings (SSSR count). The third kappa shape index (κ3) is 5.05. The predicted octanol–water partition coefficient (Wildman–Crippen LogP) is 0.381. The van der Waals surface area contributed by atoms with Crippen molar-refractivity contribution in [2.45, 2.75) is 26.2 Å². The lowest BCUT2D eigenvalue weighted by molar-refractivity contribution is -0.129. The van der Waals surface area contributed by atoms with Crippen molar-refractivity contribution >= 4 is 11.7 Å². The maximum atomic E-state index is 11.2. The van der Waals surface area contributed by atoms with Gasteiger partial charge < -0.3 is 15.8 Å². The molecule has 0 radical (unpaired) electrons. The molecule has 0 fully saturated rings. The van der Waals surface area contributed by atoms with Gasteiger partial charge in [-0.1, -0.05) is 12.1 Å². The third-order valence-electron chi connectivity index (χ3n) is 1.72. The van der Waals surface area contributed by atoms with E-state index in [0.29, 0.717) is 19.4 Å². The van der Waals surface area contributed by atoms with Crippen molar-refractivity contribution in [3.8, 4) is 0 Å². The number of amides is 1. The summed E-state index contributed by atoms with van der Waals surface area (Å²) in [6, 6.07) is 0. The average molecular weight is 187 g/mol. The molecule has 0 bridgehead atoms. The fraction of sp³-hybridized carbons (Fsp3) is 0.750. The first-order valence-corrected chi connectivity index (χ1v) is 4.32. The summed E-state index contributed by atoms with van der Waals surface area (Å²) in [6.45, 7) is 2.45. The summed E-state index contributed by atoms with van der Waals surface area (Å²) < 4.78 is 0. The van der Waals surface area contributed by atoms with Crippen molar-refractivity contribution in [1.29, 1.82) is 0 Å². The van der Waals surface area contributed by atoms with E-state index in [0.717, 1.165) is 6.42 Å². The Bertz CT molecular complexity index is 192. The molecule has 3 N–H and O–H groups in total. The van der Waals surface area contributed by atoms with Gasteiger partial charge in [-0.2, -0.15) is 0 Å². The van der Waals surface area contributed by atoms with Gasteiger partial charge in [-0.15, -0.1) is 0 Å². The molecule has 0 aromatic heterocycles. The molecule has 13 heavy (non-hydrogen) atoms. The Hall–Kier alpha value is -1.26. The molecular formula is C8H17N3O2. The summed E-state index contributed by atoms with van der Waals surface area (Å²) in [7, 11) is 1.71. The van der Waals surface area contributed by atoms with E-state index in [1.807, 2.05) is 6.92 Å². The number of hydrogen-bond donors (Lipinski definition) is 2. The maximum absolute atomic E-state index is 11.2. The Morgan fingerprint density at radius 2 is 2.15 bits per heavy atom. The molecule has 0 heterocycles. The third-order valence-corrected chi connectivity index (χ3v) is 1.72. The monoisotopic (exact) mass is 187 g/mol. The molecule has 76 valence electrons. The lowest BCUT2D eigenvalue weighted by atomic mass is 10.3. The summed E-state index contributed by atoms with van der Waals surface area (Å²) in [5.41, 5.74) is 5.26. The SMILES string of the molecule is CCCC(=O)N(C)CC/C(N)=N/O. The lowest BCUT2D eigenvalue weighted by Crippen LogP contribution is -2.30. The average Bonchev–Trinajstić information content (AvgIpc) is 2.13. The van der Waals surface area contributed by atoms with Gasteiger partial charge in [-0.3, -0.25) is 4.79 Å². The molecule has 5 heteroatoms. The molecule has 0 aliphatic carbocycles. The van der Waals surface area contributed by atoms with Crippen LogP contribution in [0.3, 0.4) is 0 Å². The first-order valence-electron chi connectivity index (χ1n) is 4.32. The van der Waals surface area contributed by atoms with Gasteiger partial charge in [0.2, 0.25) is 5.91 Å². The van der Waals surface area contributed by atoms with E-state index in [1.54, 1.807) is 11.9 Å². The molecule has 5 nitrogen and oxygen atoms in total. The number of hydrogen-bond acceptors (Lipinski definition) is 3. The highest BCUT2D eigenvalue weighted by molar-refractivity contribution is 5.81. The van der Waals surface area contributed by atoms with Crippen LogP contribution in [0.15, 0.2) is 5.16 Å². The van der Waals surface area contributed by atoms with Gasteiger partial charge in [0.15, 0.2) is 0 Å². The van der Waals surface area contributed by atoms with Crippen molar-refractivity contribution in [2.75, 3.05) is 13.6 Å². The highest BCUT2D eigenvalue weighted by Crippen LogP contribution is 1.95. The number of carbonyl (C=O) groups excluding carboxylic acids is 1. The van der Waals surface area contributed by atoms with Crippen LogP contribution >= 0.6 is 0 Å². The summed E-state index contributed by atoms with van der Waals surface area (Å²) in [6.07, 6.45) is 1.79. The summed E-state index contributed by atoms with van der Waals surface area (Å²) >= 11 is 0. The quantitative estimate of drug-likeness (QED) is 0.283. The van der Waals surface area contributed by atoms with E-state index in [1.165, 1.54) is 0 Å². The molecular weight excluding hydrogens is 170 g/mol. The summed E-state index contributed by atoms with van der Waals surface area (Å²) in [5.74, 6) is 0.240. The van der Waals surface area contributed by atoms with Gasteiger partial charge in [0, 0.05) is 26.4 Å². The van der Waals surface area contributed by atoms with Crippen LogP contribution < -0.4 is 5.73 Å². The molecule has 0 aromatic carbocycles. The van der Waals surface area contributed by atoms with Crippen molar-refractivity contribution in [1.82, 2.24) is 4.90 Å². The topological polar surface area (TPSA) is 78.9 Å². The van der Waals surface area contributed by atoms with Crippen LogP contribution in [0.1, 0.15) is 26.2 Å². The maximum Gasteiger partial charge on any atom is 0.222 e. The van der Waals surface area contributed by atoms with Crippen LogP contribution in [0.4, 0.5) is 0 Å². The highest BCUT2D eigenvalue weighted by Gasteiger charge is 2.07. The van der Waals surface area contributed by atoms with Crippen molar-refractivity contribution in [3.05, 3.63) is 0 Å². The van der Waals surface area contributed by atoms with E-state index in [4.69, 9.17) is 10.9 Å². The van der Waals surface area contributed by atoms with Crippen LogP contribution in [0.25, 0.3) is 0 Å². The molecule has 0 unspecified atom stereocenters. The van der Waals surface area contributed by atoms with E-state index in [2.05, 4.69) is 5.16 Å². The van der Waals surface area contributed by atoms with Gasteiger partial charge in [0.1, 0.15) is 5.84 Å². The molecule has 0 spiro atoms. The summed E-state index contributed by atoms with van der Waals surface area (Å²) in [5, 5.41) is 11.1. The second-order valence-electron chi connectivity index (χ2n) is 2.91. The number of amidine groups is 1. The zero-order chi connectivity index (χ0) is 10.3. The molecule has 0 saturated heterocycles. The second kappa shape index (κ2) is 6.28. The fourth-order valence-electron chi connectivity index (χ4n) is 0.862. The number of rotatable bonds is 5. The van der Waals surface area contributed by atoms with Gasteiger partial charge >= 0.3 is 0 Å². The predicted molar refractivity (Wildman–Crippen MR) is 50.6 cm³/mol. The minimum Gasteiger partial charge on any atom is -0.409 e. The zero-order valence-corrected chi connectivity index (χ0v) is 8.16. The van der Waals surface area contributed by atoms with Crippen LogP contribution in [0.5, 0.6) is 0 Å². The largest absolute Gasteiger partial charge is 0.409 e. The van der Waals surface area contributed by atoms with Crippen LogP contribution in [-0.2, 0) is 4.79 Å². The Morgan fingerprint density at radius 1 is 1.54 bits per heavy atom. The smallest absolute Gasteiger partial charge is 0.222 e. The molecule has 1 amide bonds. The molecule has 0 aliphatic rings. The minimum atomic E-state index is 0.0910. The number of nitrogens with zero attached hydrogens (tertiary/aromatic N) is 2. The van der Waals surface area contributed by atoms with E-state index in [9.17, 15) is 4.79 Å². The Balaban J connectivity index is 3.73. The molecule has 0 saturated carbocycles. The first-order chi connectivity index (χ1) is 6.11. The molecule has 0 atom stereocenters. The van der Waals surface area contributed by atoms with Gasteiger partial charge in [0.05, 0.1) is 0 Å². The molecule has 0 aliphatic heterocycles. The van der Waals surface area contributed by atoms with E-state index >= 15 is 0 Å². The number of nitrogens with two attached hydrogens (primary N) is 1. The standard InChI is InChI=1S/C8H17N3O2/c1-3-4-8(12)11(2)6-5-7(9)10-13/h13H,3-6H2,1-2H3,(H2,9,10). The number of oxime groups is 1. The highest BCUT2D eigenvalue weighted by atomic mass is 16.4. The zero-order valence-electron chi connectivity index (χ0n) is 8.16. The van der Waals surface area contributed by atoms with Crippen molar-refractivity contribution < 1.29 is 10.0 Å². The van der Waals surface area contributed by atoms with Crippen molar-refractivity contribution in [3.63, 3.8) is 0 Å². The van der Waals surface area contributed by atoms with Gasteiger partial charge in [-0.25, -0.2) is 0 Å². The Labute approximate surface area is 78.2 Å².